The molecule has 166 valence electrons. The summed E-state index contributed by atoms with van der Waals surface area (Å²) in [6.45, 7) is 0. The molecule has 3 heterocycles. The maximum absolute atomic E-state index is 13.6. The summed E-state index contributed by atoms with van der Waals surface area (Å²) in [5.41, 5.74) is 0.436. The average molecular weight is 471 g/mol. The van der Waals surface area contributed by atoms with E-state index in [0.29, 0.717) is 11.6 Å². The van der Waals surface area contributed by atoms with Gasteiger partial charge in [-0.3, -0.25) is 19.3 Å². The Morgan fingerprint density at radius 2 is 1.66 bits per heavy atom. The van der Waals surface area contributed by atoms with E-state index in [9.17, 15) is 18.8 Å². The number of halogens is 1. The fourth-order valence-corrected chi connectivity index (χ4v) is 11.1. The Hall–Kier alpha value is -1.93. The molecule has 6 atom stereocenters. The van der Waals surface area contributed by atoms with Crippen LogP contribution in [0.1, 0.15) is 43.4 Å². The number of amides is 2. The second kappa shape index (κ2) is 6.56. The molecule has 0 unspecified atom stereocenters. The molecule has 2 aliphatic heterocycles. The van der Waals surface area contributed by atoms with Crippen molar-refractivity contribution in [1.82, 2.24) is 4.98 Å². The van der Waals surface area contributed by atoms with Crippen LogP contribution < -0.4 is 9.77 Å². The minimum Gasteiger partial charge on any atom is -0.307 e. The van der Waals surface area contributed by atoms with E-state index in [1.54, 1.807) is 11.8 Å². The summed E-state index contributed by atoms with van der Waals surface area (Å²) in [5, 5.41) is 1.28. The number of carbonyl (C=O) groups excluding carboxylic acids is 2. The number of carbonyl (C=O) groups is 2. The number of thioether (sulfide) groups is 1. The maximum atomic E-state index is 13.6. The highest BCUT2D eigenvalue weighted by molar-refractivity contribution is 8.00. The Morgan fingerprint density at radius 3 is 2.38 bits per heavy atom. The van der Waals surface area contributed by atoms with Crippen LogP contribution >= 0.6 is 23.1 Å². The van der Waals surface area contributed by atoms with Crippen molar-refractivity contribution in [1.29, 1.82) is 0 Å². The van der Waals surface area contributed by atoms with Crippen LogP contribution in [0.4, 0.5) is 10.1 Å². The Kier molecular flexibility index (Phi) is 4.01. The van der Waals surface area contributed by atoms with Crippen molar-refractivity contribution < 1.29 is 14.0 Å². The van der Waals surface area contributed by atoms with Gasteiger partial charge in [0, 0.05) is 15.5 Å². The summed E-state index contributed by atoms with van der Waals surface area (Å²) in [5.74, 6) is -0.528. The number of anilines is 1. The molecule has 5 aliphatic rings. The van der Waals surface area contributed by atoms with E-state index in [1.165, 1.54) is 51.8 Å². The van der Waals surface area contributed by atoms with Crippen LogP contribution in [0, 0.1) is 35.4 Å². The van der Waals surface area contributed by atoms with Gasteiger partial charge in [0.2, 0.25) is 11.8 Å². The average Bonchev–Trinajstić information content (AvgIpc) is 3.51. The first-order chi connectivity index (χ1) is 15.5. The van der Waals surface area contributed by atoms with E-state index in [1.807, 2.05) is 0 Å². The first kappa shape index (κ1) is 19.5. The zero-order valence-corrected chi connectivity index (χ0v) is 19.0. The van der Waals surface area contributed by atoms with Crippen molar-refractivity contribution in [2.45, 2.75) is 54.2 Å². The fraction of sp³-hybridized carbons (Fsp3) is 0.542. The largest absolute Gasteiger partial charge is 0.307 e. The van der Waals surface area contributed by atoms with Crippen molar-refractivity contribution in [2.75, 3.05) is 4.90 Å². The highest BCUT2D eigenvalue weighted by Gasteiger charge is 2.72. The number of fused-ring (bicyclic) bond motifs is 11. The Morgan fingerprint density at radius 1 is 0.969 bits per heavy atom. The lowest BCUT2D eigenvalue weighted by molar-refractivity contribution is -0.123. The summed E-state index contributed by atoms with van der Waals surface area (Å²) in [6.07, 6.45) is 6.59. The van der Waals surface area contributed by atoms with E-state index in [-0.39, 0.29) is 56.8 Å². The number of hydrogen-bond donors (Lipinski definition) is 1. The number of imide groups is 1. The van der Waals surface area contributed by atoms with Gasteiger partial charge in [-0.15, -0.1) is 11.8 Å². The number of aromatic nitrogens is 1. The van der Waals surface area contributed by atoms with Crippen LogP contribution in [-0.2, 0) is 15.0 Å². The summed E-state index contributed by atoms with van der Waals surface area (Å²) in [7, 11) is 0. The zero-order chi connectivity index (χ0) is 21.8. The monoisotopic (exact) mass is 470 g/mol. The van der Waals surface area contributed by atoms with Gasteiger partial charge >= 0.3 is 4.87 Å². The van der Waals surface area contributed by atoms with Gasteiger partial charge in [0.05, 0.1) is 22.5 Å². The molecule has 3 aliphatic carbocycles. The molecular weight excluding hydrogens is 447 g/mol. The first-order valence-electron chi connectivity index (χ1n) is 11.5. The van der Waals surface area contributed by atoms with E-state index in [4.69, 9.17) is 0 Å². The second-order valence-electron chi connectivity index (χ2n) is 10.1. The molecule has 32 heavy (non-hydrogen) atoms. The van der Waals surface area contributed by atoms with Crippen LogP contribution in [0.5, 0.6) is 0 Å². The van der Waals surface area contributed by atoms with E-state index in [2.05, 4.69) is 4.98 Å². The SMILES string of the molecule is O=C1[C@H]2[C@H]3C[C@@H]([C@@H]2C(=O)N1c1ccc(F)cc1)[C@H]1[C@H]3Sc2[nH]c(=O)sc2C12CCCCC2. The lowest BCUT2D eigenvalue weighted by atomic mass is 9.57. The third-order valence-corrected chi connectivity index (χ3v) is 11.6. The van der Waals surface area contributed by atoms with E-state index >= 15 is 0 Å². The molecule has 1 saturated heterocycles. The molecule has 8 heteroatoms. The van der Waals surface area contributed by atoms with Gasteiger partial charge in [-0.25, -0.2) is 4.39 Å². The van der Waals surface area contributed by atoms with Crippen molar-refractivity contribution >= 4 is 40.6 Å². The molecule has 5 nitrogen and oxygen atoms in total. The van der Waals surface area contributed by atoms with Crippen molar-refractivity contribution in [2.24, 2.45) is 29.6 Å². The first-order valence-corrected chi connectivity index (χ1v) is 13.2. The van der Waals surface area contributed by atoms with Crippen molar-refractivity contribution in [3.63, 3.8) is 0 Å². The number of benzene rings is 1. The molecule has 2 amide bonds. The highest BCUT2D eigenvalue weighted by Crippen LogP contribution is 2.71. The fourth-order valence-electron chi connectivity index (χ4n) is 7.92. The van der Waals surface area contributed by atoms with Gasteiger partial charge < -0.3 is 4.98 Å². The molecule has 2 aromatic rings. The predicted molar refractivity (Wildman–Crippen MR) is 120 cm³/mol. The molecule has 1 spiro atoms. The molecule has 7 rings (SSSR count). The van der Waals surface area contributed by atoms with Crippen molar-refractivity contribution in [3.05, 3.63) is 44.6 Å². The summed E-state index contributed by atoms with van der Waals surface area (Å²) < 4.78 is 13.4. The Bertz CT molecular complexity index is 1200. The molecule has 3 saturated carbocycles. The highest BCUT2D eigenvalue weighted by atomic mass is 32.2. The third-order valence-electron chi connectivity index (χ3n) is 8.89. The topological polar surface area (TPSA) is 70.2 Å². The lowest BCUT2D eigenvalue weighted by Crippen LogP contribution is -2.51. The van der Waals surface area contributed by atoms with Gasteiger partial charge in [0.25, 0.3) is 0 Å². The van der Waals surface area contributed by atoms with Gasteiger partial charge in [0.1, 0.15) is 5.82 Å². The Balaban J connectivity index is 1.32. The normalized spacial score (nSPS) is 36.5. The Labute approximate surface area is 192 Å². The van der Waals surface area contributed by atoms with E-state index < -0.39 is 0 Å². The number of nitrogens with zero attached hydrogens (tertiary/aromatic N) is 1. The van der Waals surface area contributed by atoms with Gasteiger partial charge in [-0.05, 0) is 61.3 Å². The van der Waals surface area contributed by atoms with Gasteiger partial charge in [-0.1, -0.05) is 30.6 Å². The maximum Gasteiger partial charge on any atom is 0.305 e. The molecule has 1 N–H and O–H groups in total. The standard InChI is InChI=1S/C24H23FN2O3S2/c25-11-4-6-12(7-5-11)27-21(28)15-13-10-14(16(15)22(27)29)18-17(13)24(8-2-1-3-9-24)19-20(31-18)26-23(30)32-19/h4-7,13-18H,1-3,8-10H2,(H,26,30)/t13-,14+,15-,16-,17-,18-/m0/s1. The minimum atomic E-state index is -0.380. The number of aromatic amines is 1. The number of nitrogens with one attached hydrogen (secondary N) is 1. The lowest BCUT2D eigenvalue weighted by Gasteiger charge is -2.52. The third kappa shape index (κ3) is 2.32. The second-order valence-corrected chi connectivity index (χ2v) is 12.3. The van der Waals surface area contributed by atoms with Gasteiger partial charge in [0.15, 0.2) is 0 Å². The van der Waals surface area contributed by atoms with E-state index in [0.717, 1.165) is 37.1 Å². The molecule has 2 bridgehead atoms. The molecule has 1 aromatic carbocycles. The number of thiazole rings is 1. The molecular formula is C24H23FN2O3S2. The number of H-pyrrole nitrogens is 1. The van der Waals surface area contributed by atoms with Crippen LogP contribution in [0.2, 0.25) is 0 Å². The molecule has 4 fully saturated rings. The smallest absolute Gasteiger partial charge is 0.305 e. The van der Waals surface area contributed by atoms with Crippen molar-refractivity contribution in [3.8, 4) is 0 Å². The molecule has 1 aromatic heterocycles. The summed E-state index contributed by atoms with van der Waals surface area (Å²) >= 11 is 3.12. The van der Waals surface area contributed by atoms with Crippen LogP contribution in [-0.4, -0.2) is 22.0 Å². The molecule has 0 radical (unpaired) electrons. The number of rotatable bonds is 1. The van der Waals surface area contributed by atoms with Crippen LogP contribution in [0.3, 0.4) is 0 Å². The van der Waals surface area contributed by atoms with Gasteiger partial charge in [-0.2, -0.15) is 0 Å². The predicted octanol–water partition coefficient (Wildman–Crippen LogP) is 4.32. The summed E-state index contributed by atoms with van der Waals surface area (Å²) in [4.78, 5) is 45.1. The number of hydrogen-bond acceptors (Lipinski definition) is 5. The summed E-state index contributed by atoms with van der Waals surface area (Å²) in [6, 6.07) is 5.67. The minimum absolute atomic E-state index is 0.00889. The van der Waals surface area contributed by atoms with Crippen LogP contribution in [0.25, 0.3) is 0 Å². The zero-order valence-electron chi connectivity index (χ0n) is 17.4. The van der Waals surface area contributed by atoms with Crippen LogP contribution in [0.15, 0.2) is 34.1 Å². The quantitative estimate of drug-likeness (QED) is 0.630.